The van der Waals surface area contributed by atoms with Gasteiger partial charge in [0.15, 0.2) is 0 Å². The third-order valence-electron chi connectivity index (χ3n) is 4.52. The van der Waals surface area contributed by atoms with Gasteiger partial charge in [-0.15, -0.1) is 0 Å². The number of ether oxygens (including phenoxy) is 1. The molecule has 0 aliphatic carbocycles. The number of aromatic nitrogens is 2. The SMILES string of the molecule is Cc1cc2ncn(C[C@H](O)CO[C@H](C)c3ccc(Cl)cc3)c2cc1C. The Balaban J connectivity index is 1.62. The average Bonchev–Trinajstić information content (AvgIpc) is 2.95. The van der Waals surface area contributed by atoms with Crippen LogP contribution in [0.25, 0.3) is 11.0 Å². The molecule has 0 saturated carbocycles. The lowest BCUT2D eigenvalue weighted by molar-refractivity contribution is -0.00834. The summed E-state index contributed by atoms with van der Waals surface area (Å²) in [6.45, 7) is 6.84. The van der Waals surface area contributed by atoms with E-state index in [1.807, 2.05) is 35.8 Å². The molecule has 0 bridgehead atoms. The topological polar surface area (TPSA) is 47.3 Å². The van der Waals surface area contributed by atoms with E-state index in [2.05, 4.69) is 31.0 Å². The first kappa shape index (κ1) is 17.9. The fraction of sp³-hybridized carbons (Fsp3) is 0.350. The maximum absolute atomic E-state index is 10.3. The standard InChI is InChI=1S/C20H23ClN2O2/c1-13-8-19-20(9-14(13)2)23(12-22-19)10-18(24)11-25-15(3)16-4-6-17(21)7-5-16/h4-9,12,15,18,24H,10-11H2,1-3H3/t15-,18+/m1/s1. The van der Waals surface area contributed by atoms with Crippen LogP contribution < -0.4 is 0 Å². The number of benzene rings is 2. The third-order valence-corrected chi connectivity index (χ3v) is 4.77. The van der Waals surface area contributed by atoms with Crippen LogP contribution in [-0.2, 0) is 11.3 Å². The molecule has 0 aliphatic rings. The minimum absolute atomic E-state index is 0.101. The number of halogens is 1. The number of hydrogen-bond donors (Lipinski definition) is 1. The van der Waals surface area contributed by atoms with Crippen molar-refractivity contribution < 1.29 is 9.84 Å². The van der Waals surface area contributed by atoms with Crippen LogP contribution in [0.3, 0.4) is 0 Å². The van der Waals surface area contributed by atoms with Crippen LogP contribution in [0.1, 0.15) is 29.7 Å². The zero-order chi connectivity index (χ0) is 18.0. The molecule has 0 fully saturated rings. The molecule has 132 valence electrons. The van der Waals surface area contributed by atoms with Gasteiger partial charge in [0, 0.05) is 5.02 Å². The molecule has 0 unspecified atom stereocenters. The summed E-state index contributed by atoms with van der Waals surface area (Å²) >= 11 is 5.90. The largest absolute Gasteiger partial charge is 0.389 e. The highest BCUT2D eigenvalue weighted by atomic mass is 35.5. The molecule has 2 atom stereocenters. The van der Waals surface area contributed by atoms with Gasteiger partial charge >= 0.3 is 0 Å². The Morgan fingerprint density at radius 3 is 2.56 bits per heavy atom. The maximum Gasteiger partial charge on any atom is 0.0959 e. The maximum atomic E-state index is 10.3. The summed E-state index contributed by atoms with van der Waals surface area (Å²) in [5.74, 6) is 0. The smallest absolute Gasteiger partial charge is 0.0959 e. The number of hydrogen-bond acceptors (Lipinski definition) is 3. The monoisotopic (exact) mass is 358 g/mol. The molecule has 0 amide bonds. The van der Waals surface area contributed by atoms with Gasteiger partial charge in [-0.3, -0.25) is 0 Å². The van der Waals surface area contributed by atoms with E-state index in [1.165, 1.54) is 11.1 Å². The first-order valence-corrected chi connectivity index (χ1v) is 8.79. The normalized spacial score (nSPS) is 14.0. The van der Waals surface area contributed by atoms with Crippen molar-refractivity contribution in [1.29, 1.82) is 0 Å². The Hall–Kier alpha value is -1.88. The molecule has 5 heteroatoms. The van der Waals surface area contributed by atoms with Gasteiger partial charge in [0.1, 0.15) is 0 Å². The van der Waals surface area contributed by atoms with Gasteiger partial charge in [-0.05, 0) is 61.7 Å². The lowest BCUT2D eigenvalue weighted by Crippen LogP contribution is -2.22. The van der Waals surface area contributed by atoms with Gasteiger partial charge in [-0.25, -0.2) is 4.98 Å². The van der Waals surface area contributed by atoms with Crippen molar-refractivity contribution in [2.45, 2.75) is 39.5 Å². The second-order valence-corrected chi connectivity index (χ2v) is 6.94. The van der Waals surface area contributed by atoms with Gasteiger partial charge in [0.25, 0.3) is 0 Å². The molecule has 0 aliphatic heterocycles. The van der Waals surface area contributed by atoms with E-state index >= 15 is 0 Å². The summed E-state index contributed by atoms with van der Waals surface area (Å²) in [4.78, 5) is 4.42. The summed E-state index contributed by atoms with van der Waals surface area (Å²) in [5, 5.41) is 11.1. The summed E-state index contributed by atoms with van der Waals surface area (Å²) in [6.07, 6.45) is 1.07. The van der Waals surface area contributed by atoms with E-state index in [0.29, 0.717) is 11.6 Å². The van der Waals surface area contributed by atoms with E-state index in [0.717, 1.165) is 16.6 Å². The summed E-state index contributed by atoms with van der Waals surface area (Å²) < 4.78 is 7.78. The number of aryl methyl sites for hydroxylation is 2. The van der Waals surface area contributed by atoms with Crippen LogP contribution in [0.15, 0.2) is 42.7 Å². The highest BCUT2D eigenvalue weighted by molar-refractivity contribution is 6.30. The number of imidazole rings is 1. The summed E-state index contributed by atoms with van der Waals surface area (Å²) in [7, 11) is 0. The van der Waals surface area contributed by atoms with Crippen molar-refractivity contribution in [3.8, 4) is 0 Å². The Labute approximate surface area is 153 Å². The Kier molecular flexibility index (Phi) is 5.42. The van der Waals surface area contributed by atoms with E-state index in [4.69, 9.17) is 16.3 Å². The third kappa shape index (κ3) is 4.21. The molecule has 1 heterocycles. The summed E-state index contributed by atoms with van der Waals surface area (Å²) in [5.41, 5.74) is 5.46. The van der Waals surface area contributed by atoms with Crippen molar-refractivity contribution in [3.63, 3.8) is 0 Å². The quantitative estimate of drug-likeness (QED) is 0.708. The molecule has 0 saturated heterocycles. The molecule has 2 aromatic carbocycles. The highest BCUT2D eigenvalue weighted by Crippen LogP contribution is 2.21. The van der Waals surface area contributed by atoms with Crippen molar-refractivity contribution in [1.82, 2.24) is 9.55 Å². The van der Waals surface area contributed by atoms with Gasteiger partial charge in [0.2, 0.25) is 0 Å². The number of fused-ring (bicyclic) bond motifs is 1. The van der Waals surface area contributed by atoms with E-state index in [9.17, 15) is 5.11 Å². The minimum Gasteiger partial charge on any atom is -0.389 e. The fourth-order valence-corrected chi connectivity index (χ4v) is 2.95. The molecular formula is C20H23ClN2O2. The molecule has 0 radical (unpaired) electrons. The van der Waals surface area contributed by atoms with Gasteiger partial charge in [0.05, 0.1) is 42.7 Å². The predicted octanol–water partition coefficient (Wildman–Crippen LogP) is 4.45. The Bertz CT molecular complexity index is 858. The second-order valence-electron chi connectivity index (χ2n) is 6.50. The number of aliphatic hydroxyl groups excluding tert-OH is 1. The van der Waals surface area contributed by atoms with Crippen LogP contribution in [-0.4, -0.2) is 27.4 Å². The molecule has 1 N–H and O–H groups in total. The Morgan fingerprint density at radius 1 is 1.16 bits per heavy atom. The predicted molar refractivity (Wildman–Crippen MR) is 101 cm³/mol. The zero-order valence-electron chi connectivity index (χ0n) is 14.7. The molecule has 3 rings (SSSR count). The van der Waals surface area contributed by atoms with Crippen molar-refractivity contribution in [2.75, 3.05) is 6.61 Å². The second kappa shape index (κ2) is 7.56. The van der Waals surface area contributed by atoms with Crippen molar-refractivity contribution in [2.24, 2.45) is 0 Å². The number of aliphatic hydroxyl groups is 1. The minimum atomic E-state index is -0.603. The molecule has 3 aromatic rings. The number of rotatable bonds is 6. The van der Waals surface area contributed by atoms with Gasteiger partial charge in [-0.1, -0.05) is 23.7 Å². The van der Waals surface area contributed by atoms with Crippen LogP contribution in [0.4, 0.5) is 0 Å². The summed E-state index contributed by atoms with van der Waals surface area (Å²) in [6, 6.07) is 11.8. The molecular weight excluding hydrogens is 336 g/mol. The van der Waals surface area contributed by atoms with Crippen molar-refractivity contribution >= 4 is 22.6 Å². The van der Waals surface area contributed by atoms with Crippen LogP contribution >= 0.6 is 11.6 Å². The first-order valence-electron chi connectivity index (χ1n) is 8.41. The average molecular weight is 359 g/mol. The zero-order valence-corrected chi connectivity index (χ0v) is 15.5. The van der Waals surface area contributed by atoms with E-state index in [1.54, 1.807) is 6.33 Å². The lowest BCUT2D eigenvalue weighted by Gasteiger charge is -2.17. The highest BCUT2D eigenvalue weighted by Gasteiger charge is 2.13. The number of nitrogens with zero attached hydrogens (tertiary/aromatic N) is 2. The lowest BCUT2D eigenvalue weighted by atomic mass is 10.1. The molecule has 0 spiro atoms. The van der Waals surface area contributed by atoms with Gasteiger partial charge in [-0.2, -0.15) is 0 Å². The molecule has 4 nitrogen and oxygen atoms in total. The fourth-order valence-electron chi connectivity index (χ4n) is 2.82. The van der Waals surface area contributed by atoms with Crippen molar-refractivity contribution in [3.05, 3.63) is 64.4 Å². The van der Waals surface area contributed by atoms with E-state index in [-0.39, 0.29) is 12.7 Å². The molecule has 1 aromatic heterocycles. The Morgan fingerprint density at radius 2 is 1.84 bits per heavy atom. The first-order chi connectivity index (χ1) is 11.9. The van der Waals surface area contributed by atoms with Crippen LogP contribution in [0, 0.1) is 13.8 Å². The molecule has 25 heavy (non-hydrogen) atoms. The van der Waals surface area contributed by atoms with Crippen LogP contribution in [0.2, 0.25) is 5.02 Å². The van der Waals surface area contributed by atoms with E-state index < -0.39 is 6.10 Å². The van der Waals surface area contributed by atoms with Crippen LogP contribution in [0.5, 0.6) is 0 Å². The van der Waals surface area contributed by atoms with Gasteiger partial charge < -0.3 is 14.4 Å².